The molecule has 0 saturated carbocycles. The molecule has 9 nitrogen and oxygen atoms in total. The summed E-state index contributed by atoms with van der Waals surface area (Å²) in [5.74, 6) is 3.00. The summed E-state index contributed by atoms with van der Waals surface area (Å²) in [4.78, 5) is 23.3. The molecule has 5 rings (SSSR count). The number of rotatable bonds is 3. The van der Waals surface area contributed by atoms with Gasteiger partial charge in [0.1, 0.15) is 5.37 Å². The molecule has 1 N–H and O–H groups in total. The molecule has 27 heavy (non-hydrogen) atoms. The van der Waals surface area contributed by atoms with Crippen LogP contribution in [-0.2, 0) is 4.79 Å². The number of benzene rings is 1. The van der Waals surface area contributed by atoms with Gasteiger partial charge in [-0.15, -0.1) is 16.9 Å². The van der Waals surface area contributed by atoms with Crippen LogP contribution in [0.15, 0.2) is 18.2 Å². The van der Waals surface area contributed by atoms with Gasteiger partial charge in [-0.3, -0.25) is 9.69 Å². The van der Waals surface area contributed by atoms with Gasteiger partial charge < -0.3 is 19.3 Å². The van der Waals surface area contributed by atoms with E-state index in [9.17, 15) is 4.79 Å². The lowest BCUT2D eigenvalue weighted by Crippen LogP contribution is -2.45. The van der Waals surface area contributed by atoms with Crippen molar-refractivity contribution < 1.29 is 14.3 Å². The van der Waals surface area contributed by atoms with Crippen molar-refractivity contribution >= 4 is 29.6 Å². The lowest BCUT2D eigenvalue weighted by atomic mass is 10.2. The molecule has 142 valence electrons. The Labute approximate surface area is 160 Å². The highest BCUT2D eigenvalue weighted by molar-refractivity contribution is 8.00. The molecular weight excluding hydrogens is 368 g/mol. The molecule has 2 aromatic rings. The van der Waals surface area contributed by atoms with Gasteiger partial charge in [0.15, 0.2) is 11.5 Å². The smallest absolute Gasteiger partial charge is 0.246 e. The van der Waals surface area contributed by atoms with Crippen molar-refractivity contribution in [3.05, 3.63) is 23.8 Å². The number of nitrogens with zero attached hydrogens (tertiary/aromatic N) is 5. The van der Waals surface area contributed by atoms with E-state index in [1.165, 1.54) is 0 Å². The molecule has 1 aromatic carbocycles. The number of fused-ring (bicyclic) bond motifs is 1. The van der Waals surface area contributed by atoms with Crippen LogP contribution in [-0.4, -0.2) is 71.8 Å². The van der Waals surface area contributed by atoms with Crippen LogP contribution in [0, 0.1) is 0 Å². The van der Waals surface area contributed by atoms with E-state index >= 15 is 0 Å². The molecule has 3 aliphatic rings. The third kappa shape index (κ3) is 2.98. The van der Waals surface area contributed by atoms with Crippen molar-refractivity contribution in [2.24, 2.45) is 0 Å². The zero-order chi connectivity index (χ0) is 18.4. The van der Waals surface area contributed by atoms with Crippen LogP contribution in [0.4, 0.5) is 11.9 Å². The average Bonchev–Trinajstić information content (AvgIpc) is 3.40. The van der Waals surface area contributed by atoms with E-state index in [0.717, 1.165) is 37.5 Å². The first-order valence-corrected chi connectivity index (χ1v) is 9.93. The summed E-state index contributed by atoms with van der Waals surface area (Å²) in [5.41, 5.74) is 0.979. The minimum Gasteiger partial charge on any atom is -0.454 e. The average molecular weight is 388 g/mol. The van der Waals surface area contributed by atoms with Crippen LogP contribution < -0.4 is 19.3 Å². The highest BCUT2D eigenvalue weighted by atomic mass is 32.2. The van der Waals surface area contributed by atoms with Crippen LogP contribution in [0.2, 0.25) is 0 Å². The summed E-state index contributed by atoms with van der Waals surface area (Å²) in [7, 11) is 2.11. The number of aromatic nitrogens is 3. The number of hydrogen-bond acceptors (Lipinski definition) is 8. The topological polar surface area (TPSA) is 86.8 Å². The third-order valence-corrected chi connectivity index (χ3v) is 6.24. The van der Waals surface area contributed by atoms with Crippen molar-refractivity contribution in [1.29, 1.82) is 0 Å². The van der Waals surface area contributed by atoms with Crippen molar-refractivity contribution in [1.82, 2.24) is 20.1 Å². The van der Waals surface area contributed by atoms with Gasteiger partial charge >= 0.3 is 0 Å². The summed E-state index contributed by atoms with van der Waals surface area (Å²) < 4.78 is 10.9. The lowest BCUT2D eigenvalue weighted by Gasteiger charge is -2.31. The van der Waals surface area contributed by atoms with Crippen molar-refractivity contribution in [2.45, 2.75) is 5.37 Å². The fraction of sp³-hybridized carbons (Fsp3) is 0.471. The van der Waals surface area contributed by atoms with E-state index in [4.69, 9.17) is 9.47 Å². The Hall–Kier alpha value is -2.46. The fourth-order valence-corrected chi connectivity index (χ4v) is 4.61. The number of thioether (sulfide) groups is 1. The number of nitrogens with one attached hydrogen (secondary N) is 1. The second-order valence-electron chi connectivity index (χ2n) is 6.79. The second-order valence-corrected chi connectivity index (χ2v) is 7.86. The minimum atomic E-state index is -0.166. The maximum absolute atomic E-state index is 12.6. The zero-order valence-corrected chi connectivity index (χ0v) is 15.7. The predicted molar refractivity (Wildman–Crippen MR) is 101 cm³/mol. The third-order valence-electron chi connectivity index (χ3n) is 5.03. The molecule has 0 bridgehead atoms. The van der Waals surface area contributed by atoms with Gasteiger partial charge in [-0.2, -0.15) is 4.98 Å². The first-order valence-electron chi connectivity index (χ1n) is 8.88. The number of H-pyrrole nitrogens is 1. The van der Waals surface area contributed by atoms with Gasteiger partial charge in [0, 0.05) is 26.2 Å². The molecule has 2 saturated heterocycles. The first kappa shape index (κ1) is 16.7. The summed E-state index contributed by atoms with van der Waals surface area (Å²) in [6.07, 6.45) is 0. The number of ether oxygens (including phenoxy) is 2. The normalized spacial score (nSPS) is 22.7. The molecule has 1 unspecified atom stereocenters. The Morgan fingerprint density at radius 2 is 2.00 bits per heavy atom. The Balaban J connectivity index is 1.40. The van der Waals surface area contributed by atoms with E-state index < -0.39 is 0 Å². The Morgan fingerprint density at radius 1 is 1.19 bits per heavy atom. The van der Waals surface area contributed by atoms with E-state index in [0.29, 0.717) is 23.4 Å². The minimum absolute atomic E-state index is 0.0174. The van der Waals surface area contributed by atoms with E-state index in [1.807, 2.05) is 18.2 Å². The number of anilines is 2. The van der Waals surface area contributed by atoms with E-state index in [1.54, 1.807) is 16.7 Å². The molecule has 1 aromatic heterocycles. The highest BCUT2D eigenvalue weighted by Crippen LogP contribution is 2.44. The van der Waals surface area contributed by atoms with Crippen LogP contribution in [0.5, 0.6) is 11.5 Å². The number of amides is 1. The molecule has 2 fully saturated rings. The van der Waals surface area contributed by atoms with Gasteiger partial charge in [0.05, 0.1) is 5.75 Å². The van der Waals surface area contributed by atoms with Gasteiger partial charge in [-0.1, -0.05) is 6.07 Å². The molecular formula is C17H20N6O3S. The predicted octanol–water partition coefficient (Wildman–Crippen LogP) is 1.06. The number of likely N-dealkylation sites (N-methyl/N-ethyl adjacent to an activating group) is 1. The molecule has 3 aliphatic heterocycles. The number of aromatic amines is 1. The number of carbonyl (C=O) groups excluding carboxylic acids is 1. The molecule has 0 spiro atoms. The summed E-state index contributed by atoms with van der Waals surface area (Å²) in [6, 6.07) is 5.78. The molecule has 4 heterocycles. The number of piperazine rings is 1. The number of hydrogen-bond donors (Lipinski definition) is 1. The second kappa shape index (κ2) is 6.61. The Kier molecular flexibility index (Phi) is 4.09. The highest BCUT2D eigenvalue weighted by Gasteiger charge is 2.37. The van der Waals surface area contributed by atoms with Crippen LogP contribution >= 0.6 is 11.8 Å². The Morgan fingerprint density at radius 3 is 2.85 bits per heavy atom. The molecule has 0 aliphatic carbocycles. The largest absolute Gasteiger partial charge is 0.454 e. The summed E-state index contributed by atoms with van der Waals surface area (Å²) in [6.45, 7) is 3.93. The van der Waals surface area contributed by atoms with Gasteiger partial charge in [-0.05, 0) is 24.7 Å². The fourth-order valence-electron chi connectivity index (χ4n) is 3.47. The molecule has 1 amide bonds. The zero-order valence-electron chi connectivity index (χ0n) is 14.9. The molecule has 10 heteroatoms. The van der Waals surface area contributed by atoms with Crippen molar-refractivity contribution in [3.63, 3.8) is 0 Å². The monoisotopic (exact) mass is 388 g/mol. The van der Waals surface area contributed by atoms with E-state index in [-0.39, 0.29) is 18.1 Å². The Bertz CT molecular complexity index is 866. The summed E-state index contributed by atoms with van der Waals surface area (Å²) >= 11 is 1.57. The van der Waals surface area contributed by atoms with E-state index in [2.05, 4.69) is 32.0 Å². The van der Waals surface area contributed by atoms with Crippen LogP contribution in [0.25, 0.3) is 0 Å². The van der Waals surface area contributed by atoms with Crippen LogP contribution in [0.1, 0.15) is 10.9 Å². The van der Waals surface area contributed by atoms with Crippen molar-refractivity contribution in [3.8, 4) is 11.5 Å². The molecule has 1 atom stereocenters. The SMILES string of the molecule is CN1CCN(c2n[nH]c(N3C(=O)CSC3c3ccc4c(c3)OCO4)n2)CC1. The lowest BCUT2D eigenvalue weighted by molar-refractivity contribution is -0.115. The van der Waals surface area contributed by atoms with Gasteiger partial charge in [-0.25, -0.2) is 5.10 Å². The maximum Gasteiger partial charge on any atom is 0.246 e. The number of carbonyl (C=O) groups is 1. The summed E-state index contributed by atoms with van der Waals surface area (Å²) in [5, 5.41) is 7.15. The molecule has 0 radical (unpaired) electrons. The van der Waals surface area contributed by atoms with Crippen molar-refractivity contribution in [2.75, 3.05) is 55.6 Å². The van der Waals surface area contributed by atoms with Crippen LogP contribution in [0.3, 0.4) is 0 Å². The maximum atomic E-state index is 12.6. The van der Waals surface area contributed by atoms with Gasteiger partial charge in [0.25, 0.3) is 0 Å². The first-order chi connectivity index (χ1) is 13.2. The quantitative estimate of drug-likeness (QED) is 0.835. The van der Waals surface area contributed by atoms with Gasteiger partial charge in [0.2, 0.25) is 24.6 Å². The standard InChI is InChI=1S/C17H20N6O3S/c1-21-4-6-22(7-5-21)16-18-17(20-19-16)23-14(24)9-27-15(23)11-2-3-12-13(8-11)26-10-25-12/h2-3,8,15H,4-7,9-10H2,1H3,(H,18,19,20).